The second-order valence-electron chi connectivity index (χ2n) is 7.76. The van der Waals surface area contributed by atoms with Gasteiger partial charge in [-0.1, -0.05) is 23.7 Å². The number of ether oxygens (including phenoxy) is 1. The van der Waals surface area contributed by atoms with Crippen molar-refractivity contribution in [3.8, 4) is 0 Å². The molecule has 2 aliphatic heterocycles. The molecule has 0 unspecified atom stereocenters. The number of para-hydroxylation sites is 2. The van der Waals surface area contributed by atoms with E-state index in [9.17, 15) is 14.9 Å². The summed E-state index contributed by atoms with van der Waals surface area (Å²) in [4.78, 5) is 28.1. The fourth-order valence-corrected chi connectivity index (χ4v) is 4.36. The molecular weight excluding hydrogens is 420 g/mol. The van der Waals surface area contributed by atoms with Gasteiger partial charge in [-0.3, -0.25) is 14.9 Å². The van der Waals surface area contributed by atoms with Crippen molar-refractivity contribution < 1.29 is 14.5 Å². The van der Waals surface area contributed by atoms with E-state index in [0.717, 1.165) is 18.8 Å². The quantitative estimate of drug-likeness (QED) is 0.555. The van der Waals surface area contributed by atoms with E-state index in [1.54, 1.807) is 24.3 Å². The third kappa shape index (κ3) is 4.91. The average molecular weight is 445 g/mol. The molecular formula is C22H25ClN4O4. The Morgan fingerprint density at radius 1 is 1.03 bits per heavy atom. The molecule has 2 aliphatic rings. The average Bonchev–Trinajstić information content (AvgIpc) is 2.80. The van der Waals surface area contributed by atoms with Crippen LogP contribution in [-0.2, 0) is 9.53 Å². The van der Waals surface area contributed by atoms with Crippen molar-refractivity contribution in [2.24, 2.45) is 5.92 Å². The molecule has 2 aromatic rings. The molecule has 2 heterocycles. The number of nitrogens with one attached hydrogen (secondary N) is 1. The molecule has 4 rings (SSSR count). The SMILES string of the molecule is O=C(Nc1cc(Cl)ccc1N1CCOCC1)C1CCN(c2ccccc2[N+](=O)[O-])CC1. The lowest BCUT2D eigenvalue weighted by Gasteiger charge is -2.33. The van der Waals surface area contributed by atoms with Crippen molar-refractivity contribution in [1.29, 1.82) is 0 Å². The van der Waals surface area contributed by atoms with Gasteiger partial charge in [0.1, 0.15) is 5.69 Å². The number of benzene rings is 2. The van der Waals surface area contributed by atoms with Gasteiger partial charge >= 0.3 is 0 Å². The molecule has 1 N–H and O–H groups in total. The fourth-order valence-electron chi connectivity index (χ4n) is 4.19. The summed E-state index contributed by atoms with van der Waals surface area (Å²) in [6.07, 6.45) is 1.26. The molecule has 0 saturated carbocycles. The van der Waals surface area contributed by atoms with Crippen LogP contribution >= 0.6 is 11.6 Å². The van der Waals surface area contributed by atoms with E-state index in [4.69, 9.17) is 16.3 Å². The summed E-state index contributed by atoms with van der Waals surface area (Å²) in [5, 5.41) is 15.0. The number of piperidine rings is 1. The van der Waals surface area contributed by atoms with Gasteiger partial charge in [-0.05, 0) is 37.1 Å². The highest BCUT2D eigenvalue weighted by Gasteiger charge is 2.29. The van der Waals surface area contributed by atoms with E-state index in [-0.39, 0.29) is 22.4 Å². The van der Waals surface area contributed by atoms with Crippen LogP contribution in [0, 0.1) is 16.0 Å². The Bertz CT molecular complexity index is 956. The zero-order valence-corrected chi connectivity index (χ0v) is 17.9. The minimum atomic E-state index is -0.361. The number of nitro benzene ring substituents is 1. The number of anilines is 3. The van der Waals surface area contributed by atoms with Gasteiger partial charge in [-0.15, -0.1) is 0 Å². The predicted molar refractivity (Wildman–Crippen MR) is 121 cm³/mol. The Morgan fingerprint density at radius 3 is 2.42 bits per heavy atom. The van der Waals surface area contributed by atoms with Gasteiger partial charge in [0.05, 0.1) is 29.5 Å². The van der Waals surface area contributed by atoms with E-state index in [1.807, 2.05) is 17.0 Å². The van der Waals surface area contributed by atoms with Crippen molar-refractivity contribution >= 4 is 40.3 Å². The van der Waals surface area contributed by atoms with Crippen LogP contribution in [0.2, 0.25) is 5.02 Å². The second-order valence-corrected chi connectivity index (χ2v) is 8.19. The summed E-state index contributed by atoms with van der Waals surface area (Å²) in [7, 11) is 0. The number of nitrogens with zero attached hydrogens (tertiary/aromatic N) is 3. The molecule has 31 heavy (non-hydrogen) atoms. The molecule has 0 aliphatic carbocycles. The van der Waals surface area contributed by atoms with E-state index < -0.39 is 0 Å². The van der Waals surface area contributed by atoms with Crippen LogP contribution in [0.25, 0.3) is 0 Å². The van der Waals surface area contributed by atoms with Crippen LogP contribution < -0.4 is 15.1 Å². The summed E-state index contributed by atoms with van der Waals surface area (Å²) < 4.78 is 5.43. The van der Waals surface area contributed by atoms with Crippen molar-refractivity contribution in [1.82, 2.24) is 0 Å². The van der Waals surface area contributed by atoms with Crippen molar-refractivity contribution in [3.05, 3.63) is 57.6 Å². The highest BCUT2D eigenvalue weighted by Crippen LogP contribution is 2.33. The number of carbonyl (C=O) groups is 1. The molecule has 1 amide bonds. The standard InChI is InChI=1S/C22H25ClN4O4/c23-17-5-6-19(26-11-13-31-14-12-26)18(15-17)24-22(28)16-7-9-25(10-8-16)20-3-1-2-4-21(20)27(29)30/h1-6,15-16H,7-14H2,(H,24,28). The maximum atomic E-state index is 13.0. The molecule has 0 radical (unpaired) electrons. The van der Waals surface area contributed by atoms with Gasteiger partial charge in [0.2, 0.25) is 5.91 Å². The van der Waals surface area contributed by atoms with Crippen LogP contribution in [-0.4, -0.2) is 50.2 Å². The van der Waals surface area contributed by atoms with Crippen molar-refractivity contribution in [2.75, 3.05) is 54.5 Å². The van der Waals surface area contributed by atoms with Gasteiger partial charge in [0, 0.05) is 43.2 Å². The Balaban J connectivity index is 1.42. The zero-order chi connectivity index (χ0) is 21.8. The highest BCUT2D eigenvalue weighted by atomic mass is 35.5. The number of hydrogen-bond acceptors (Lipinski definition) is 6. The predicted octanol–water partition coefficient (Wildman–Crippen LogP) is 3.94. The summed E-state index contributed by atoms with van der Waals surface area (Å²) in [5.74, 6) is -0.200. The smallest absolute Gasteiger partial charge is 0.292 e. The molecule has 9 heteroatoms. The van der Waals surface area contributed by atoms with Crippen molar-refractivity contribution in [2.45, 2.75) is 12.8 Å². The monoisotopic (exact) mass is 444 g/mol. The molecule has 0 aromatic heterocycles. The topological polar surface area (TPSA) is 88.0 Å². The maximum Gasteiger partial charge on any atom is 0.292 e. The molecule has 2 aromatic carbocycles. The first-order chi connectivity index (χ1) is 15.0. The Morgan fingerprint density at radius 2 is 1.71 bits per heavy atom. The number of carbonyl (C=O) groups excluding carboxylic acids is 1. The number of nitro groups is 1. The van der Waals surface area contributed by atoms with Gasteiger partial charge in [-0.25, -0.2) is 0 Å². The first-order valence-corrected chi connectivity index (χ1v) is 10.8. The third-order valence-electron chi connectivity index (χ3n) is 5.85. The van der Waals surface area contributed by atoms with Crippen molar-refractivity contribution in [3.63, 3.8) is 0 Å². The normalized spacial score (nSPS) is 17.5. The largest absolute Gasteiger partial charge is 0.378 e. The number of amides is 1. The van der Waals surface area contributed by atoms with E-state index in [1.165, 1.54) is 6.07 Å². The van der Waals surface area contributed by atoms with Crippen LogP contribution in [0.5, 0.6) is 0 Å². The molecule has 0 spiro atoms. The first-order valence-electron chi connectivity index (χ1n) is 10.4. The molecule has 2 fully saturated rings. The third-order valence-corrected chi connectivity index (χ3v) is 6.09. The number of rotatable bonds is 5. The molecule has 2 saturated heterocycles. The van der Waals surface area contributed by atoms with Gasteiger partial charge < -0.3 is 19.9 Å². The van der Waals surface area contributed by atoms with E-state index in [0.29, 0.717) is 55.5 Å². The van der Waals surface area contributed by atoms with Crippen LogP contribution in [0.1, 0.15) is 12.8 Å². The summed E-state index contributed by atoms with van der Waals surface area (Å²) >= 11 is 6.20. The number of hydrogen-bond donors (Lipinski definition) is 1. The van der Waals surface area contributed by atoms with Crippen LogP contribution in [0.15, 0.2) is 42.5 Å². The molecule has 8 nitrogen and oxygen atoms in total. The second kappa shape index (κ2) is 9.53. The number of morpholine rings is 1. The lowest BCUT2D eigenvalue weighted by atomic mass is 9.95. The molecule has 0 bridgehead atoms. The first kappa shape index (κ1) is 21.4. The van der Waals surface area contributed by atoms with Gasteiger partial charge in [0.25, 0.3) is 5.69 Å². The highest BCUT2D eigenvalue weighted by molar-refractivity contribution is 6.31. The zero-order valence-electron chi connectivity index (χ0n) is 17.1. The maximum absolute atomic E-state index is 13.0. The lowest BCUT2D eigenvalue weighted by molar-refractivity contribution is -0.384. The summed E-state index contributed by atoms with van der Waals surface area (Å²) in [5.41, 5.74) is 2.36. The Labute approximate surface area is 185 Å². The van der Waals surface area contributed by atoms with E-state index >= 15 is 0 Å². The van der Waals surface area contributed by atoms with Crippen LogP contribution in [0.4, 0.5) is 22.7 Å². The van der Waals surface area contributed by atoms with Crippen LogP contribution in [0.3, 0.4) is 0 Å². The minimum Gasteiger partial charge on any atom is -0.378 e. The molecule has 0 atom stereocenters. The fraction of sp³-hybridized carbons (Fsp3) is 0.409. The van der Waals surface area contributed by atoms with Gasteiger partial charge in [0.15, 0.2) is 0 Å². The lowest BCUT2D eigenvalue weighted by Crippen LogP contribution is -2.39. The van der Waals surface area contributed by atoms with E-state index in [2.05, 4.69) is 10.2 Å². The summed E-state index contributed by atoms with van der Waals surface area (Å²) in [6, 6.07) is 12.3. The van der Waals surface area contributed by atoms with Gasteiger partial charge in [-0.2, -0.15) is 0 Å². The minimum absolute atomic E-state index is 0.0426. The molecule has 164 valence electrons. The summed E-state index contributed by atoms with van der Waals surface area (Å²) in [6.45, 7) is 4.02. The Hall–Kier alpha value is -2.84. The Kier molecular flexibility index (Phi) is 6.58. The number of halogens is 1.